The van der Waals surface area contributed by atoms with Crippen molar-refractivity contribution < 1.29 is 4.79 Å². The van der Waals surface area contributed by atoms with Gasteiger partial charge in [-0.05, 0) is 54.8 Å². The zero-order chi connectivity index (χ0) is 14.5. The summed E-state index contributed by atoms with van der Waals surface area (Å²) in [5.74, 6) is 0.0967. The molecule has 1 aliphatic heterocycles. The van der Waals surface area contributed by atoms with Gasteiger partial charge in [0.1, 0.15) is 0 Å². The molecular weight excluding hydrogens is 266 g/mol. The average molecular weight is 285 g/mol. The molecule has 20 heavy (non-hydrogen) atoms. The molecule has 3 heteroatoms. The highest BCUT2D eigenvalue weighted by Gasteiger charge is 2.11. The van der Waals surface area contributed by atoms with Crippen LogP contribution in [0.15, 0.2) is 58.7 Å². The number of likely N-dealkylation sites (N-methyl/N-ethyl adjacent to an activating group) is 1. The van der Waals surface area contributed by atoms with E-state index in [4.69, 9.17) is 0 Å². The molecule has 0 atom stereocenters. The summed E-state index contributed by atoms with van der Waals surface area (Å²) in [5, 5.41) is 0. The van der Waals surface area contributed by atoms with E-state index in [1.165, 1.54) is 4.90 Å². The van der Waals surface area contributed by atoms with Gasteiger partial charge in [-0.25, -0.2) is 0 Å². The van der Waals surface area contributed by atoms with Crippen molar-refractivity contribution in [2.45, 2.75) is 11.8 Å². The first kappa shape index (κ1) is 14.7. The molecule has 0 spiro atoms. The average Bonchev–Trinajstić information content (AvgIpc) is 2.46. The van der Waals surface area contributed by atoms with E-state index < -0.39 is 0 Å². The number of benzene rings is 1. The number of rotatable bonds is 4. The molecule has 0 amide bonds. The second-order valence-electron chi connectivity index (χ2n) is 4.80. The van der Waals surface area contributed by atoms with E-state index in [0.717, 1.165) is 23.3 Å². The molecule has 0 bridgehead atoms. The first-order chi connectivity index (χ1) is 9.60. The van der Waals surface area contributed by atoms with Gasteiger partial charge < -0.3 is 4.90 Å². The van der Waals surface area contributed by atoms with Crippen LogP contribution >= 0.6 is 11.8 Å². The minimum atomic E-state index is 0.0967. The van der Waals surface area contributed by atoms with Crippen LogP contribution in [0.1, 0.15) is 12.5 Å². The summed E-state index contributed by atoms with van der Waals surface area (Å²) >= 11 is 1.72. The van der Waals surface area contributed by atoms with Gasteiger partial charge in [0.25, 0.3) is 0 Å². The van der Waals surface area contributed by atoms with Crippen molar-refractivity contribution in [1.29, 1.82) is 0 Å². The van der Waals surface area contributed by atoms with E-state index in [0.29, 0.717) is 0 Å². The number of carbonyl (C=O) groups is 1. The van der Waals surface area contributed by atoms with Crippen LogP contribution in [0.2, 0.25) is 0 Å². The van der Waals surface area contributed by atoms with Gasteiger partial charge >= 0.3 is 0 Å². The molecule has 104 valence electrons. The molecule has 0 unspecified atom stereocenters. The van der Waals surface area contributed by atoms with Gasteiger partial charge in [0, 0.05) is 24.1 Å². The van der Waals surface area contributed by atoms with Crippen molar-refractivity contribution in [2.24, 2.45) is 0 Å². The van der Waals surface area contributed by atoms with E-state index in [-0.39, 0.29) is 5.78 Å². The van der Waals surface area contributed by atoms with Gasteiger partial charge in [-0.3, -0.25) is 4.79 Å². The zero-order valence-corrected chi connectivity index (χ0v) is 12.9. The highest BCUT2D eigenvalue weighted by atomic mass is 32.2. The van der Waals surface area contributed by atoms with E-state index in [1.807, 2.05) is 37.5 Å². The Bertz CT molecular complexity index is 582. The third-order valence-electron chi connectivity index (χ3n) is 3.22. The van der Waals surface area contributed by atoms with Crippen LogP contribution in [0.25, 0.3) is 6.08 Å². The van der Waals surface area contributed by atoms with Crippen LogP contribution in [0.3, 0.4) is 0 Å². The van der Waals surface area contributed by atoms with Gasteiger partial charge in [-0.2, -0.15) is 0 Å². The number of Topliss-reactive ketones (excluding diaryl/α,β-unsaturated/α-hetero) is 1. The van der Waals surface area contributed by atoms with Crippen molar-refractivity contribution in [2.75, 3.05) is 19.8 Å². The lowest BCUT2D eigenvalue weighted by molar-refractivity contribution is -0.113. The molecule has 1 heterocycles. The third kappa shape index (κ3) is 3.64. The maximum absolute atomic E-state index is 11.9. The SMILES string of the molecule is CSc1ccc(/C=C(/C(C)=O)C2=CCN(C)C=C2)cc1. The number of nitrogens with zero attached hydrogens (tertiary/aromatic N) is 1. The van der Waals surface area contributed by atoms with E-state index in [2.05, 4.69) is 29.4 Å². The predicted molar refractivity (Wildman–Crippen MR) is 86.7 cm³/mol. The maximum Gasteiger partial charge on any atom is 0.160 e. The Morgan fingerprint density at radius 1 is 1.30 bits per heavy atom. The summed E-state index contributed by atoms with van der Waals surface area (Å²) in [6.07, 6.45) is 10.1. The number of carbonyl (C=O) groups excluding carboxylic acids is 1. The van der Waals surface area contributed by atoms with Crippen molar-refractivity contribution >= 4 is 23.6 Å². The number of ketones is 1. The second kappa shape index (κ2) is 6.62. The Morgan fingerprint density at radius 3 is 2.50 bits per heavy atom. The Labute approximate surface area is 124 Å². The molecule has 0 aliphatic carbocycles. The molecule has 2 nitrogen and oxygen atoms in total. The summed E-state index contributed by atoms with van der Waals surface area (Å²) in [7, 11) is 2.02. The largest absolute Gasteiger partial charge is 0.377 e. The van der Waals surface area contributed by atoms with Crippen molar-refractivity contribution in [1.82, 2.24) is 4.90 Å². The van der Waals surface area contributed by atoms with Gasteiger partial charge in [0.15, 0.2) is 5.78 Å². The molecule has 0 aromatic heterocycles. The Balaban J connectivity index is 2.30. The van der Waals surface area contributed by atoms with Gasteiger partial charge in [-0.1, -0.05) is 18.2 Å². The minimum Gasteiger partial charge on any atom is -0.377 e. The molecule has 0 fully saturated rings. The Morgan fingerprint density at radius 2 is 2.00 bits per heavy atom. The molecular formula is C17H19NOS. The summed E-state index contributed by atoms with van der Waals surface area (Å²) < 4.78 is 0. The van der Waals surface area contributed by atoms with E-state index in [9.17, 15) is 4.79 Å². The number of hydrogen-bond acceptors (Lipinski definition) is 3. The summed E-state index contributed by atoms with van der Waals surface area (Å²) in [6.45, 7) is 2.46. The molecule has 0 N–H and O–H groups in total. The monoisotopic (exact) mass is 285 g/mol. The summed E-state index contributed by atoms with van der Waals surface area (Å²) in [5.41, 5.74) is 2.83. The molecule has 1 aromatic rings. The second-order valence-corrected chi connectivity index (χ2v) is 5.68. The van der Waals surface area contributed by atoms with Gasteiger partial charge in [0.2, 0.25) is 0 Å². The third-order valence-corrected chi connectivity index (χ3v) is 3.97. The number of hydrogen-bond donors (Lipinski definition) is 0. The molecule has 0 radical (unpaired) electrons. The van der Waals surface area contributed by atoms with Gasteiger partial charge in [0.05, 0.1) is 0 Å². The fourth-order valence-corrected chi connectivity index (χ4v) is 2.44. The lowest BCUT2D eigenvalue weighted by Crippen LogP contribution is -2.15. The Kier molecular flexibility index (Phi) is 4.85. The van der Waals surface area contributed by atoms with Crippen molar-refractivity contribution in [3.05, 3.63) is 59.3 Å². The smallest absolute Gasteiger partial charge is 0.160 e. The molecule has 0 saturated carbocycles. The summed E-state index contributed by atoms with van der Waals surface area (Å²) in [6, 6.07) is 8.25. The highest BCUT2D eigenvalue weighted by Crippen LogP contribution is 2.21. The van der Waals surface area contributed by atoms with E-state index >= 15 is 0 Å². The fraction of sp³-hybridized carbons (Fsp3) is 0.235. The first-order valence-electron chi connectivity index (χ1n) is 6.56. The molecule has 1 aliphatic rings. The molecule has 1 aromatic carbocycles. The van der Waals surface area contributed by atoms with Gasteiger partial charge in [-0.15, -0.1) is 11.8 Å². The van der Waals surface area contributed by atoms with Crippen LogP contribution in [0.4, 0.5) is 0 Å². The lowest BCUT2D eigenvalue weighted by atomic mass is 9.98. The van der Waals surface area contributed by atoms with E-state index in [1.54, 1.807) is 18.7 Å². The maximum atomic E-state index is 11.9. The first-order valence-corrected chi connectivity index (χ1v) is 7.78. The predicted octanol–water partition coefficient (Wildman–Crippen LogP) is 3.77. The van der Waals surface area contributed by atoms with Crippen LogP contribution < -0.4 is 0 Å². The van der Waals surface area contributed by atoms with Crippen LogP contribution in [-0.2, 0) is 4.79 Å². The highest BCUT2D eigenvalue weighted by molar-refractivity contribution is 7.98. The molecule has 0 saturated heterocycles. The van der Waals surface area contributed by atoms with Crippen molar-refractivity contribution in [3.63, 3.8) is 0 Å². The normalized spacial score (nSPS) is 15.2. The minimum absolute atomic E-state index is 0.0967. The number of allylic oxidation sites excluding steroid dienone is 3. The Hall–Kier alpha value is -1.74. The van der Waals surface area contributed by atoms with Crippen LogP contribution in [0.5, 0.6) is 0 Å². The summed E-state index contributed by atoms with van der Waals surface area (Å²) in [4.78, 5) is 15.2. The fourth-order valence-electron chi connectivity index (χ4n) is 2.03. The standard InChI is InChI=1S/C17H19NOS/c1-13(19)17(15-8-10-18(2)11-9-15)12-14-4-6-16(20-3)7-5-14/h4-10,12H,11H2,1-3H3/b17-12-. The number of thioether (sulfide) groups is 1. The topological polar surface area (TPSA) is 20.3 Å². The van der Waals surface area contributed by atoms with Crippen LogP contribution in [0, 0.1) is 0 Å². The molecule has 2 rings (SSSR count). The lowest BCUT2D eigenvalue weighted by Gasteiger charge is -2.18. The quantitative estimate of drug-likeness (QED) is 0.620. The van der Waals surface area contributed by atoms with Crippen molar-refractivity contribution in [3.8, 4) is 0 Å². The zero-order valence-electron chi connectivity index (χ0n) is 12.1. The van der Waals surface area contributed by atoms with Crippen LogP contribution in [-0.4, -0.2) is 30.5 Å².